The zero-order valence-electron chi connectivity index (χ0n) is 9.96. The van der Waals surface area contributed by atoms with Crippen molar-refractivity contribution in [3.8, 4) is 0 Å². The Morgan fingerprint density at radius 2 is 1.67 bits per heavy atom. The van der Waals surface area contributed by atoms with E-state index >= 15 is 0 Å². The second-order valence-electron chi connectivity index (χ2n) is 4.12. The molecule has 2 aromatic carbocycles. The van der Waals surface area contributed by atoms with Gasteiger partial charge in [-0.25, -0.2) is 0 Å². The van der Waals surface area contributed by atoms with Crippen LogP contribution in [0.1, 0.15) is 23.7 Å². The third kappa shape index (κ3) is 3.73. The molecule has 0 fully saturated rings. The summed E-state index contributed by atoms with van der Waals surface area (Å²) in [6.45, 7) is 0. The van der Waals surface area contributed by atoms with Crippen LogP contribution in [-0.4, -0.2) is 5.11 Å². The molecule has 18 heavy (non-hydrogen) atoms. The predicted molar refractivity (Wildman–Crippen MR) is 76.5 cm³/mol. The first-order valence-corrected chi connectivity index (χ1v) is 6.28. The Labute approximate surface area is 112 Å². The zero-order chi connectivity index (χ0) is 12.8. The van der Waals surface area contributed by atoms with Crippen molar-refractivity contribution in [2.45, 2.75) is 12.5 Å². The van der Waals surface area contributed by atoms with E-state index in [2.05, 4.69) is 0 Å². The van der Waals surface area contributed by atoms with E-state index in [1.54, 1.807) is 12.1 Å². The van der Waals surface area contributed by atoms with Gasteiger partial charge in [0.05, 0.1) is 6.10 Å². The van der Waals surface area contributed by atoms with Crippen LogP contribution in [0.15, 0.2) is 60.7 Å². The normalized spacial score (nSPS) is 12.8. The molecule has 0 aliphatic rings. The van der Waals surface area contributed by atoms with Gasteiger partial charge >= 0.3 is 0 Å². The number of benzene rings is 2. The van der Waals surface area contributed by atoms with Crippen LogP contribution in [-0.2, 0) is 0 Å². The Morgan fingerprint density at radius 1 is 1.00 bits per heavy atom. The van der Waals surface area contributed by atoms with E-state index in [4.69, 9.17) is 11.6 Å². The average Bonchev–Trinajstić information content (AvgIpc) is 2.40. The van der Waals surface area contributed by atoms with Crippen LogP contribution in [0, 0.1) is 0 Å². The van der Waals surface area contributed by atoms with Crippen LogP contribution in [0.4, 0.5) is 0 Å². The van der Waals surface area contributed by atoms with Crippen LogP contribution in [0.3, 0.4) is 0 Å². The van der Waals surface area contributed by atoms with Crippen molar-refractivity contribution in [2.24, 2.45) is 0 Å². The minimum atomic E-state index is -0.484. The fraction of sp³-hybridized carbons (Fsp3) is 0.125. The van der Waals surface area contributed by atoms with Crippen LogP contribution >= 0.6 is 11.6 Å². The molecule has 0 saturated carbocycles. The van der Waals surface area contributed by atoms with Gasteiger partial charge in [0.2, 0.25) is 0 Å². The van der Waals surface area contributed by atoms with Gasteiger partial charge in [-0.2, -0.15) is 0 Å². The number of rotatable bonds is 4. The Hall–Kier alpha value is -1.57. The summed E-state index contributed by atoms with van der Waals surface area (Å²) in [5.74, 6) is 0. The number of hydrogen-bond acceptors (Lipinski definition) is 1. The maximum atomic E-state index is 10.00. The second kappa shape index (κ2) is 6.39. The molecule has 0 bridgehead atoms. The fourth-order valence-corrected chi connectivity index (χ4v) is 1.84. The van der Waals surface area contributed by atoms with E-state index in [1.807, 2.05) is 54.6 Å². The lowest BCUT2D eigenvalue weighted by molar-refractivity contribution is 0.182. The van der Waals surface area contributed by atoms with Gasteiger partial charge in [0.25, 0.3) is 0 Å². The molecule has 0 amide bonds. The molecule has 2 heteroatoms. The molecule has 1 N–H and O–H groups in total. The Kier molecular flexibility index (Phi) is 4.57. The standard InChI is InChI=1S/C16H15ClO/c17-15-11-9-14(10-12-15)16(18)8-4-7-13-5-2-1-3-6-13/h1-7,9-12,16,18H,8H2/b7-4+/t16-/m0/s1. The number of hydrogen-bond donors (Lipinski definition) is 1. The van der Waals surface area contributed by atoms with Gasteiger partial charge in [0.1, 0.15) is 0 Å². The van der Waals surface area contributed by atoms with Gasteiger partial charge in [-0.1, -0.05) is 66.2 Å². The van der Waals surface area contributed by atoms with E-state index in [1.165, 1.54) is 0 Å². The molecule has 1 nitrogen and oxygen atoms in total. The summed E-state index contributed by atoms with van der Waals surface area (Å²) in [5, 5.41) is 10.7. The van der Waals surface area contributed by atoms with Crippen LogP contribution in [0.25, 0.3) is 6.08 Å². The summed E-state index contributed by atoms with van der Waals surface area (Å²) < 4.78 is 0. The summed E-state index contributed by atoms with van der Waals surface area (Å²) in [7, 11) is 0. The molecule has 0 aliphatic heterocycles. The molecule has 1 atom stereocenters. The number of halogens is 1. The third-order valence-electron chi connectivity index (χ3n) is 2.72. The van der Waals surface area contributed by atoms with Crippen molar-refractivity contribution in [1.29, 1.82) is 0 Å². The first kappa shape index (κ1) is 12.9. The van der Waals surface area contributed by atoms with Crippen LogP contribution in [0.2, 0.25) is 5.02 Å². The highest BCUT2D eigenvalue weighted by molar-refractivity contribution is 6.30. The van der Waals surface area contributed by atoms with Gasteiger partial charge in [-0.3, -0.25) is 0 Å². The van der Waals surface area contributed by atoms with Gasteiger partial charge in [-0.15, -0.1) is 0 Å². The maximum Gasteiger partial charge on any atom is 0.0824 e. The average molecular weight is 259 g/mol. The molecule has 0 spiro atoms. The van der Waals surface area contributed by atoms with Gasteiger partial charge < -0.3 is 5.11 Å². The van der Waals surface area contributed by atoms with Crippen LogP contribution in [0.5, 0.6) is 0 Å². The van der Waals surface area contributed by atoms with E-state index in [-0.39, 0.29) is 0 Å². The van der Waals surface area contributed by atoms with Crippen LogP contribution < -0.4 is 0 Å². The Morgan fingerprint density at radius 3 is 2.33 bits per heavy atom. The molecule has 0 saturated heterocycles. The lowest BCUT2D eigenvalue weighted by atomic mass is 10.1. The highest BCUT2D eigenvalue weighted by Crippen LogP contribution is 2.19. The van der Waals surface area contributed by atoms with Crippen molar-refractivity contribution in [3.63, 3.8) is 0 Å². The summed E-state index contributed by atoms with van der Waals surface area (Å²) in [4.78, 5) is 0. The molecular formula is C16H15ClO. The highest BCUT2D eigenvalue weighted by Gasteiger charge is 2.04. The third-order valence-corrected chi connectivity index (χ3v) is 2.98. The summed E-state index contributed by atoms with van der Waals surface area (Å²) in [5.41, 5.74) is 2.03. The van der Waals surface area contributed by atoms with E-state index in [0.717, 1.165) is 11.1 Å². The van der Waals surface area contributed by atoms with Crippen molar-refractivity contribution in [1.82, 2.24) is 0 Å². The Balaban J connectivity index is 1.94. The highest BCUT2D eigenvalue weighted by atomic mass is 35.5. The zero-order valence-corrected chi connectivity index (χ0v) is 10.7. The van der Waals surface area contributed by atoms with Gasteiger partial charge in [-0.05, 0) is 29.7 Å². The number of aliphatic hydroxyl groups is 1. The molecule has 92 valence electrons. The van der Waals surface area contributed by atoms with Crippen molar-refractivity contribution in [3.05, 3.63) is 76.8 Å². The first-order chi connectivity index (χ1) is 8.75. The largest absolute Gasteiger partial charge is 0.388 e. The van der Waals surface area contributed by atoms with E-state index in [9.17, 15) is 5.11 Å². The first-order valence-electron chi connectivity index (χ1n) is 5.91. The molecule has 0 aromatic heterocycles. The SMILES string of the molecule is O[C@@H](C/C=C/c1ccccc1)c1ccc(Cl)cc1. The minimum Gasteiger partial charge on any atom is -0.388 e. The number of aliphatic hydroxyl groups excluding tert-OH is 1. The quantitative estimate of drug-likeness (QED) is 0.857. The lowest BCUT2D eigenvalue weighted by Gasteiger charge is -2.08. The molecule has 0 unspecified atom stereocenters. The minimum absolute atomic E-state index is 0.484. The molecule has 0 heterocycles. The lowest BCUT2D eigenvalue weighted by Crippen LogP contribution is -1.94. The monoisotopic (exact) mass is 258 g/mol. The van der Waals surface area contributed by atoms with Crippen molar-refractivity contribution < 1.29 is 5.11 Å². The molecule has 2 aromatic rings. The molecule has 0 radical (unpaired) electrons. The van der Waals surface area contributed by atoms with Crippen molar-refractivity contribution in [2.75, 3.05) is 0 Å². The fourth-order valence-electron chi connectivity index (χ4n) is 1.72. The molecule has 0 aliphatic carbocycles. The predicted octanol–water partition coefficient (Wildman–Crippen LogP) is 4.48. The molecular weight excluding hydrogens is 244 g/mol. The molecule has 2 rings (SSSR count). The summed E-state index contributed by atoms with van der Waals surface area (Å²) >= 11 is 5.81. The second-order valence-corrected chi connectivity index (χ2v) is 4.55. The van der Waals surface area contributed by atoms with E-state index in [0.29, 0.717) is 11.4 Å². The Bertz CT molecular complexity index is 502. The topological polar surface area (TPSA) is 20.2 Å². The summed E-state index contributed by atoms with van der Waals surface area (Å²) in [6, 6.07) is 17.3. The summed E-state index contributed by atoms with van der Waals surface area (Å²) in [6.07, 6.45) is 4.10. The van der Waals surface area contributed by atoms with Gasteiger partial charge in [0, 0.05) is 5.02 Å². The van der Waals surface area contributed by atoms with E-state index < -0.39 is 6.10 Å². The smallest absolute Gasteiger partial charge is 0.0824 e. The van der Waals surface area contributed by atoms with Gasteiger partial charge in [0.15, 0.2) is 0 Å². The van der Waals surface area contributed by atoms with Crippen molar-refractivity contribution >= 4 is 17.7 Å². The maximum absolute atomic E-state index is 10.00.